The van der Waals surface area contributed by atoms with Crippen molar-refractivity contribution in [3.8, 4) is 5.75 Å². The maximum Gasteiger partial charge on any atom is 0.397 e. The van der Waals surface area contributed by atoms with E-state index < -0.39 is 132 Å². The van der Waals surface area contributed by atoms with Gasteiger partial charge in [-0.25, -0.2) is 22.6 Å². The third-order valence-electron chi connectivity index (χ3n) is 8.64. The van der Waals surface area contributed by atoms with Gasteiger partial charge in [0.2, 0.25) is 16.5 Å². The summed E-state index contributed by atoms with van der Waals surface area (Å²) in [5, 5.41) is 24.6. The molecule has 0 saturated carbocycles. The average Bonchev–Trinajstić information content (AvgIpc) is 3.20. The van der Waals surface area contributed by atoms with Gasteiger partial charge in [0.05, 0.1) is 50.3 Å². The lowest BCUT2D eigenvalue weighted by atomic mass is 10.1. The molecule has 10 N–H and O–H groups in total. The molecule has 0 unspecified atom stereocenters. The molecule has 0 atom stereocenters. The van der Waals surface area contributed by atoms with E-state index in [0.29, 0.717) is 12.1 Å². The van der Waals surface area contributed by atoms with Crippen LogP contribution in [0.15, 0.2) is 134 Å². The van der Waals surface area contributed by atoms with Crippen molar-refractivity contribution in [2.24, 2.45) is 30.4 Å². The fourth-order valence-corrected chi connectivity index (χ4v) is 9.84. The molecule has 1 aromatic heterocycles. The van der Waals surface area contributed by atoms with Gasteiger partial charge in [-0.05, 0) is 89.8 Å². The molecule has 0 spiro atoms. The summed E-state index contributed by atoms with van der Waals surface area (Å²) in [6.45, 7) is -0.905. The van der Waals surface area contributed by atoms with Crippen LogP contribution in [0.3, 0.4) is 0 Å². The molecular weight excluding hydrogens is 1070 g/mol. The molecule has 29 nitrogen and oxygen atoms in total. The van der Waals surface area contributed by atoms with Crippen LogP contribution < -0.4 is 17.0 Å². The second-order valence-electron chi connectivity index (χ2n) is 13.4. The Morgan fingerprint density at radius 1 is 0.609 bits per heavy atom. The van der Waals surface area contributed by atoms with Gasteiger partial charge in [0.15, 0.2) is 15.6 Å². The van der Waals surface area contributed by atoms with E-state index in [-0.39, 0.29) is 38.5 Å². The van der Waals surface area contributed by atoms with Crippen LogP contribution in [0.25, 0.3) is 10.8 Å². The predicted octanol–water partition coefficient (Wildman–Crippen LogP) is 3.71. The van der Waals surface area contributed by atoms with Gasteiger partial charge in [-0.2, -0.15) is 52.2 Å². The quantitative estimate of drug-likeness (QED) is 0.0402. The van der Waals surface area contributed by atoms with Gasteiger partial charge >= 0.3 is 10.4 Å². The molecule has 0 aliphatic rings. The number of benzene rings is 5. The van der Waals surface area contributed by atoms with Gasteiger partial charge in [0, 0.05) is 0 Å². The summed E-state index contributed by atoms with van der Waals surface area (Å²) in [6.07, 6.45) is 0. The Bertz CT molecular complexity index is 4020. The van der Waals surface area contributed by atoms with Crippen LogP contribution in [0.2, 0.25) is 5.28 Å². The summed E-state index contributed by atoms with van der Waals surface area (Å²) in [5.74, 6) is -2.12. The van der Waals surface area contributed by atoms with E-state index in [2.05, 4.69) is 49.6 Å². The van der Waals surface area contributed by atoms with Crippen LogP contribution >= 0.6 is 11.6 Å². The lowest BCUT2D eigenvalue weighted by Gasteiger charge is -2.14. The molecule has 1 heterocycles. The summed E-state index contributed by atoms with van der Waals surface area (Å²) in [5.41, 5.74) is 1.46. The number of nitrogens with two attached hydrogens (primary N) is 1. The number of H-pyrrole nitrogens is 2. The topological polar surface area (TPSA) is 480 Å². The Labute approximate surface area is 392 Å². The van der Waals surface area contributed by atoms with E-state index >= 15 is 0 Å². The number of rotatable bonds is 15. The predicted molar refractivity (Wildman–Crippen MR) is 235 cm³/mol. The van der Waals surface area contributed by atoms with Crippen molar-refractivity contribution in [1.29, 1.82) is 0 Å². The van der Waals surface area contributed by atoms with Crippen molar-refractivity contribution in [3.63, 3.8) is 0 Å². The maximum absolute atomic E-state index is 12.7. The highest BCUT2D eigenvalue weighted by Crippen LogP contribution is 2.48. The number of aromatic nitrogens is 3. The number of phenolic OH excluding ortho intramolecular Hbond substituents is 1. The number of phenols is 1. The highest BCUT2D eigenvalue weighted by molar-refractivity contribution is 7.91. The van der Waals surface area contributed by atoms with Crippen molar-refractivity contribution < 1.29 is 82.6 Å². The Morgan fingerprint density at radius 2 is 1.19 bits per heavy atom. The molecule has 6 rings (SSSR count). The number of nitrogen functional groups attached to an aromatic ring is 1. The van der Waals surface area contributed by atoms with E-state index in [1.165, 1.54) is 12.1 Å². The number of hydrogen-bond donors (Lipinski definition) is 9. The minimum atomic E-state index is -5.47. The summed E-state index contributed by atoms with van der Waals surface area (Å²) in [4.78, 5) is 13.1. The minimum absolute atomic E-state index is 0.0438. The number of nitrogens with one attached hydrogen (secondary N) is 2. The molecule has 69 heavy (non-hydrogen) atoms. The van der Waals surface area contributed by atoms with Gasteiger partial charge in [-0.1, -0.05) is 6.07 Å². The number of aromatic hydroxyl groups is 1. The summed E-state index contributed by atoms with van der Waals surface area (Å²) in [7, 11) is -29.7. The zero-order valence-corrected chi connectivity index (χ0v) is 39.1. The zero-order valence-electron chi connectivity index (χ0n) is 33.4. The molecule has 0 aliphatic heterocycles. The number of azo groups is 2. The van der Waals surface area contributed by atoms with E-state index in [1.54, 1.807) is 0 Å². The third kappa shape index (κ3) is 12.8. The molecule has 0 fully saturated rings. The minimum Gasteiger partial charge on any atom is -0.505 e. The summed E-state index contributed by atoms with van der Waals surface area (Å²) in [6, 6.07) is 12.4. The summed E-state index contributed by atoms with van der Waals surface area (Å²) < 4.78 is 197. The molecule has 36 heteroatoms. The van der Waals surface area contributed by atoms with Crippen molar-refractivity contribution in [2.45, 2.75) is 24.5 Å². The molecule has 5 aromatic carbocycles. The molecule has 366 valence electrons. The number of hydrogen-bond acceptors (Lipinski definition) is 22. The summed E-state index contributed by atoms with van der Waals surface area (Å²) >= 11 is 6.13. The first-order valence-electron chi connectivity index (χ1n) is 17.8. The van der Waals surface area contributed by atoms with Crippen LogP contribution in [-0.4, -0.2) is 106 Å². The monoisotopic (exact) mass is 1090 g/mol. The van der Waals surface area contributed by atoms with E-state index in [9.17, 15) is 73.8 Å². The second kappa shape index (κ2) is 19.1. The maximum atomic E-state index is 12.7. The van der Waals surface area contributed by atoms with Crippen LogP contribution in [0.1, 0.15) is 0 Å². The number of fused-ring (bicyclic) bond motifs is 1. The van der Waals surface area contributed by atoms with Crippen molar-refractivity contribution in [3.05, 3.63) is 95.4 Å². The van der Waals surface area contributed by atoms with E-state index in [4.69, 9.17) is 21.9 Å². The van der Waals surface area contributed by atoms with Gasteiger partial charge in [-0.3, -0.25) is 27.7 Å². The van der Waals surface area contributed by atoms with E-state index in [1.807, 2.05) is 0 Å². The van der Waals surface area contributed by atoms with Crippen LogP contribution in [0.4, 0.5) is 39.8 Å². The number of anilines is 1. The Balaban J connectivity index is 1.46. The first kappa shape index (κ1) is 51.9. The van der Waals surface area contributed by atoms with Crippen LogP contribution in [0.5, 0.6) is 5.75 Å². The average molecular weight is 1100 g/mol. The van der Waals surface area contributed by atoms with Crippen molar-refractivity contribution >= 4 is 123 Å². The Morgan fingerprint density at radius 3 is 1.78 bits per heavy atom. The Hall–Kier alpha value is -6.48. The lowest BCUT2D eigenvalue weighted by Crippen LogP contribution is -2.26. The van der Waals surface area contributed by atoms with Gasteiger partial charge in [-0.15, -0.1) is 15.3 Å². The SMILES string of the molecule is Nc1c(N=Nc2ccc(S(=O)(=O)O)cc2)c(S(=O)(=O)O)cc2cc(S(=O)(=O)O)c(N=Nc3cc(N=c4[nH]c(Cl)nc(=Nc5cccc(S(=O)(=O)CCOS(=O)(=O)O)c5)[nH]4)ccc3S(=O)(=O)O)c(O)c12. The van der Waals surface area contributed by atoms with Crippen LogP contribution in [-0.2, 0) is 64.9 Å². The molecule has 0 amide bonds. The molecular formula is C33H27ClN10O19S6. The smallest absolute Gasteiger partial charge is 0.397 e. The highest BCUT2D eigenvalue weighted by atomic mass is 35.5. The molecule has 0 saturated heterocycles. The first-order valence-corrected chi connectivity index (χ1v) is 27.0. The number of aromatic amines is 2. The van der Waals surface area contributed by atoms with Crippen LogP contribution in [0, 0.1) is 0 Å². The van der Waals surface area contributed by atoms with Crippen molar-refractivity contribution in [2.75, 3.05) is 18.1 Å². The fraction of sp³-hybridized carbons (Fsp3) is 0.0606. The molecule has 0 bridgehead atoms. The molecule has 0 radical (unpaired) electrons. The largest absolute Gasteiger partial charge is 0.505 e. The zero-order chi connectivity index (χ0) is 51.1. The molecule has 6 aromatic rings. The first-order chi connectivity index (χ1) is 31.8. The number of halogens is 1. The second-order valence-corrected chi connectivity index (χ2v) is 22.5. The van der Waals surface area contributed by atoms with Crippen molar-refractivity contribution in [1.82, 2.24) is 15.0 Å². The third-order valence-corrected chi connectivity index (χ3v) is 14.5. The lowest BCUT2D eigenvalue weighted by molar-refractivity contribution is 0.284. The molecule has 0 aliphatic carbocycles. The van der Waals surface area contributed by atoms with E-state index in [0.717, 1.165) is 54.6 Å². The van der Waals surface area contributed by atoms with Gasteiger partial charge in [0.25, 0.3) is 40.5 Å². The Kier molecular flexibility index (Phi) is 14.4. The fourth-order valence-electron chi connectivity index (χ4n) is 5.73. The normalized spacial score (nSPS) is 13.8. The van der Waals surface area contributed by atoms with Gasteiger partial charge < -0.3 is 15.8 Å². The number of nitrogens with zero attached hydrogens (tertiary/aromatic N) is 7. The number of sulfone groups is 1. The van der Waals surface area contributed by atoms with Gasteiger partial charge in [0.1, 0.15) is 31.7 Å². The highest BCUT2D eigenvalue weighted by Gasteiger charge is 2.28. The standard InChI is InChI=1S/C33H27ClN10O19S6/c34-31-38-32(36-18-2-1-3-21(14-18)64(46,47)11-10-63-69(60,61)62)40-33(39-31)37-19-6-9-23(66(51,52)53)22(15-19)42-44-29-25(68(57,58)59)13-16-12-24(67(54,55)56)28(27(35)26(16)30(29)45)43-41-17-4-7-20(8-5-17)65(48,49)50/h1-9,12-15,45H,10-11,35H2,(H,48,49,50)(H,51,52,53)(H,54,55,56)(H,57,58,59)(H,60,61,62)(H2,36,37,38,39,40).